The second-order valence-corrected chi connectivity index (χ2v) is 13.6. The molecule has 0 saturated carbocycles. The number of carbonyl (C=O) groups excluding carboxylic acids is 3. The Morgan fingerprint density at radius 1 is 1.19 bits per heavy atom. The number of amides is 2. The number of ether oxygens (including phenoxy) is 1. The number of imide groups is 1. The van der Waals surface area contributed by atoms with E-state index in [1.807, 2.05) is 0 Å². The minimum atomic E-state index is -2.08. The molecule has 1 heterocycles. The summed E-state index contributed by atoms with van der Waals surface area (Å²) in [5, 5.41) is 0. The number of rotatable bonds is 10. The maximum absolute atomic E-state index is 12.5. The molecule has 0 aliphatic carbocycles. The van der Waals surface area contributed by atoms with E-state index in [9.17, 15) is 14.4 Å². The molecule has 0 bridgehead atoms. The molecule has 0 spiro atoms. The van der Waals surface area contributed by atoms with Crippen LogP contribution in [0.4, 0.5) is 0 Å². The number of hydrogen-bond acceptors (Lipinski definition) is 5. The highest BCUT2D eigenvalue weighted by molar-refractivity contribution is 6.77. The first-order valence-corrected chi connectivity index (χ1v) is 12.0. The highest BCUT2D eigenvalue weighted by atomic mass is 28.4. The first kappa shape index (κ1) is 23.6. The Balaban J connectivity index is 2.86. The predicted molar refractivity (Wildman–Crippen MR) is 108 cm³/mol. The van der Waals surface area contributed by atoms with Gasteiger partial charge in [0, 0.05) is 6.42 Å². The minimum absolute atomic E-state index is 0.0535. The average molecular weight is 398 g/mol. The molecule has 1 atom stereocenters. The monoisotopic (exact) mass is 397 g/mol. The zero-order valence-corrected chi connectivity index (χ0v) is 18.6. The molecular formula is C20H35NO5Si. The molecule has 0 aromatic rings. The van der Waals surface area contributed by atoms with Crippen LogP contribution >= 0.6 is 0 Å². The summed E-state index contributed by atoms with van der Waals surface area (Å²) < 4.78 is 11.4. The Morgan fingerprint density at radius 2 is 1.74 bits per heavy atom. The third kappa shape index (κ3) is 5.51. The van der Waals surface area contributed by atoms with Crippen molar-refractivity contribution in [3.8, 4) is 0 Å². The predicted octanol–water partition coefficient (Wildman–Crippen LogP) is 3.82. The molecule has 0 aromatic carbocycles. The summed E-state index contributed by atoms with van der Waals surface area (Å²) >= 11 is 0. The zero-order chi connectivity index (χ0) is 20.8. The molecule has 2 amide bonds. The highest BCUT2D eigenvalue weighted by Gasteiger charge is 2.46. The van der Waals surface area contributed by atoms with Crippen molar-refractivity contribution in [3.05, 3.63) is 12.7 Å². The molecule has 0 unspecified atom stereocenters. The Labute approximate surface area is 164 Å². The maximum Gasteiger partial charge on any atom is 0.315 e. The van der Waals surface area contributed by atoms with Gasteiger partial charge in [-0.1, -0.05) is 54.2 Å². The Kier molecular flexibility index (Phi) is 8.88. The van der Waals surface area contributed by atoms with Gasteiger partial charge in [-0.15, -0.1) is 0 Å². The number of nitrogens with zero attached hydrogens (tertiary/aromatic N) is 1. The fourth-order valence-corrected chi connectivity index (χ4v) is 9.88. The normalized spacial score (nSPS) is 17.9. The van der Waals surface area contributed by atoms with Crippen LogP contribution in [-0.2, 0) is 23.5 Å². The van der Waals surface area contributed by atoms with E-state index in [4.69, 9.17) is 9.16 Å². The van der Waals surface area contributed by atoms with Gasteiger partial charge in [0.1, 0.15) is 13.0 Å². The minimum Gasteiger partial charge on any atom is -0.461 e. The summed E-state index contributed by atoms with van der Waals surface area (Å²) in [4.78, 5) is 37.7. The van der Waals surface area contributed by atoms with Crippen molar-refractivity contribution in [2.75, 3.05) is 13.2 Å². The van der Waals surface area contributed by atoms with Gasteiger partial charge in [-0.3, -0.25) is 19.3 Å². The molecule has 0 N–H and O–H groups in total. The lowest BCUT2D eigenvalue weighted by Gasteiger charge is -2.43. The second kappa shape index (κ2) is 10.2. The van der Waals surface area contributed by atoms with Crippen LogP contribution in [0.3, 0.4) is 0 Å². The third-order valence-corrected chi connectivity index (χ3v) is 11.6. The van der Waals surface area contributed by atoms with Crippen LogP contribution in [0.25, 0.3) is 0 Å². The molecular weight excluding hydrogens is 362 g/mol. The molecule has 1 saturated heterocycles. The van der Waals surface area contributed by atoms with Gasteiger partial charge >= 0.3 is 5.97 Å². The highest BCUT2D eigenvalue weighted by Crippen LogP contribution is 2.42. The van der Waals surface area contributed by atoms with Crippen LogP contribution in [0.5, 0.6) is 0 Å². The average Bonchev–Trinajstić information content (AvgIpc) is 2.93. The quantitative estimate of drug-likeness (QED) is 0.242. The third-order valence-electron chi connectivity index (χ3n) is 5.48. The first-order valence-electron chi connectivity index (χ1n) is 9.83. The molecule has 0 radical (unpaired) electrons. The summed E-state index contributed by atoms with van der Waals surface area (Å²) in [7, 11) is -2.08. The molecule has 0 aromatic heterocycles. The van der Waals surface area contributed by atoms with Crippen LogP contribution in [0.2, 0.25) is 16.6 Å². The summed E-state index contributed by atoms with van der Waals surface area (Å²) in [6, 6.07) is -0.305. The topological polar surface area (TPSA) is 72.9 Å². The van der Waals surface area contributed by atoms with Crippen molar-refractivity contribution >= 4 is 26.1 Å². The van der Waals surface area contributed by atoms with Crippen LogP contribution in [0.15, 0.2) is 12.7 Å². The lowest BCUT2D eigenvalue weighted by molar-refractivity contribution is -0.151. The number of carbonyl (C=O) groups is 3. The molecule has 6 nitrogen and oxygen atoms in total. The van der Waals surface area contributed by atoms with Crippen molar-refractivity contribution in [2.45, 2.75) is 83.5 Å². The maximum atomic E-state index is 12.5. The first-order chi connectivity index (χ1) is 12.6. The van der Waals surface area contributed by atoms with E-state index < -0.39 is 26.6 Å². The molecule has 154 valence electrons. The lowest BCUT2D eigenvalue weighted by atomic mass is 10.2. The van der Waals surface area contributed by atoms with Gasteiger partial charge < -0.3 is 9.16 Å². The number of likely N-dealkylation sites (tertiary alicyclic amines) is 1. The van der Waals surface area contributed by atoms with E-state index in [1.54, 1.807) is 0 Å². The van der Waals surface area contributed by atoms with E-state index in [0.717, 1.165) is 0 Å². The summed E-state index contributed by atoms with van der Waals surface area (Å²) in [6.07, 6.45) is 1.89. The van der Waals surface area contributed by atoms with Crippen molar-refractivity contribution in [3.63, 3.8) is 0 Å². The Hall–Kier alpha value is -1.47. The smallest absolute Gasteiger partial charge is 0.315 e. The van der Waals surface area contributed by atoms with E-state index in [0.29, 0.717) is 36.1 Å². The van der Waals surface area contributed by atoms with Gasteiger partial charge in [-0.25, -0.2) is 0 Å². The van der Waals surface area contributed by atoms with Crippen molar-refractivity contribution in [2.24, 2.45) is 0 Å². The van der Waals surface area contributed by atoms with Crippen LogP contribution < -0.4 is 0 Å². The molecule has 1 rings (SSSR count). The van der Waals surface area contributed by atoms with Gasteiger partial charge in [0.2, 0.25) is 11.8 Å². The summed E-state index contributed by atoms with van der Waals surface area (Å²) in [6.45, 7) is 17.1. The van der Waals surface area contributed by atoms with Crippen LogP contribution in [0, 0.1) is 0 Å². The van der Waals surface area contributed by atoms with Gasteiger partial charge in [-0.05, 0) is 23.0 Å². The largest absolute Gasteiger partial charge is 0.461 e. The molecule has 27 heavy (non-hydrogen) atoms. The molecule has 1 aliphatic rings. The van der Waals surface area contributed by atoms with Gasteiger partial charge in [-0.2, -0.15) is 0 Å². The summed E-state index contributed by atoms with van der Waals surface area (Å²) in [5.74, 6) is -1.39. The van der Waals surface area contributed by atoms with Crippen molar-refractivity contribution in [1.29, 1.82) is 0 Å². The fourth-order valence-electron chi connectivity index (χ4n) is 4.40. The van der Waals surface area contributed by atoms with Gasteiger partial charge in [0.05, 0.1) is 12.6 Å². The van der Waals surface area contributed by atoms with Crippen molar-refractivity contribution in [1.82, 2.24) is 4.90 Å². The molecule has 7 heteroatoms. The van der Waals surface area contributed by atoms with E-state index in [-0.39, 0.29) is 18.6 Å². The zero-order valence-electron chi connectivity index (χ0n) is 17.6. The number of hydrogen-bond donors (Lipinski definition) is 0. The Morgan fingerprint density at radius 3 is 2.22 bits per heavy atom. The molecule has 1 fully saturated rings. The standard InChI is InChI=1S/C20H35NO5Si/c1-8-11-25-20(24)12-19(23)21-17(9-10-18(21)22)13-26-27(14(2)3,15(4)5)16(6)7/h8,14-17H,1,9-13H2,2-7H3/t17-/m0/s1. The van der Waals surface area contributed by atoms with E-state index in [1.165, 1.54) is 11.0 Å². The van der Waals surface area contributed by atoms with Crippen LogP contribution in [0.1, 0.15) is 60.8 Å². The van der Waals surface area contributed by atoms with E-state index >= 15 is 0 Å². The SMILES string of the molecule is C=CCOC(=O)CC(=O)N1C(=O)CC[C@H]1CO[Si](C(C)C)(C(C)C)C(C)C. The van der Waals surface area contributed by atoms with E-state index in [2.05, 4.69) is 48.1 Å². The van der Waals surface area contributed by atoms with Crippen LogP contribution in [-0.4, -0.2) is 50.3 Å². The van der Waals surface area contributed by atoms with Gasteiger partial charge in [0.25, 0.3) is 0 Å². The fraction of sp³-hybridized carbons (Fsp3) is 0.750. The molecule has 1 aliphatic heterocycles. The summed E-state index contributed by atoms with van der Waals surface area (Å²) in [5.41, 5.74) is 1.27. The lowest BCUT2D eigenvalue weighted by Crippen LogP contribution is -2.51. The van der Waals surface area contributed by atoms with Crippen molar-refractivity contribution < 1.29 is 23.5 Å². The van der Waals surface area contributed by atoms with Gasteiger partial charge in [0.15, 0.2) is 8.32 Å². The second-order valence-electron chi connectivity index (χ2n) is 8.13. The number of esters is 1. The Bertz CT molecular complexity index is 537.